The molecule has 0 radical (unpaired) electrons. The zero-order valence-corrected chi connectivity index (χ0v) is 14.2. The van der Waals surface area contributed by atoms with Gasteiger partial charge < -0.3 is 0 Å². The van der Waals surface area contributed by atoms with Crippen molar-refractivity contribution >= 4 is 0 Å². The second-order valence-corrected chi connectivity index (χ2v) is 9.00. The van der Waals surface area contributed by atoms with Gasteiger partial charge in [-0.05, 0) is 104 Å². The molecule has 0 N–H and O–H groups in total. The van der Waals surface area contributed by atoms with Crippen molar-refractivity contribution < 1.29 is 0 Å². The highest BCUT2D eigenvalue weighted by Crippen LogP contribution is 2.50. The highest BCUT2D eigenvalue weighted by atomic mass is 15.2. The summed E-state index contributed by atoms with van der Waals surface area (Å²) >= 11 is 0. The summed E-state index contributed by atoms with van der Waals surface area (Å²) in [6.45, 7) is 15.0. The molecule has 0 amide bonds. The maximum Gasteiger partial charge on any atom is 0.0181 e. The smallest absolute Gasteiger partial charge is 0.0181 e. The van der Waals surface area contributed by atoms with E-state index in [1.165, 1.54) is 71.1 Å². The van der Waals surface area contributed by atoms with Crippen LogP contribution in [0.3, 0.4) is 0 Å². The van der Waals surface area contributed by atoms with Crippen LogP contribution in [0.5, 0.6) is 0 Å². The first kappa shape index (κ1) is 14.8. The van der Waals surface area contributed by atoms with Crippen molar-refractivity contribution in [2.75, 3.05) is 26.2 Å². The van der Waals surface area contributed by atoms with Gasteiger partial charge in [0.15, 0.2) is 0 Å². The Labute approximate surface area is 125 Å². The predicted octanol–water partition coefficient (Wildman–Crippen LogP) is 3.91. The summed E-state index contributed by atoms with van der Waals surface area (Å²) in [6, 6.07) is 0. The fourth-order valence-corrected chi connectivity index (χ4v) is 4.64. The molecule has 1 spiro atoms. The lowest BCUT2D eigenvalue weighted by atomic mass is 9.62. The minimum atomic E-state index is 0.364. The van der Waals surface area contributed by atoms with Gasteiger partial charge in [0.2, 0.25) is 0 Å². The maximum absolute atomic E-state index is 2.75. The van der Waals surface area contributed by atoms with E-state index in [1.54, 1.807) is 0 Å². The van der Waals surface area contributed by atoms with Gasteiger partial charge in [0.05, 0.1) is 0 Å². The highest BCUT2D eigenvalue weighted by molar-refractivity contribution is 5.00. The lowest BCUT2D eigenvalue weighted by Crippen LogP contribution is -2.57. The van der Waals surface area contributed by atoms with Crippen LogP contribution < -0.4 is 0 Å². The Morgan fingerprint density at radius 1 is 0.750 bits per heavy atom. The van der Waals surface area contributed by atoms with E-state index in [-0.39, 0.29) is 0 Å². The van der Waals surface area contributed by atoms with E-state index in [0.29, 0.717) is 16.5 Å². The molecule has 0 aromatic rings. The molecule has 2 saturated heterocycles. The van der Waals surface area contributed by atoms with E-state index in [2.05, 4.69) is 37.5 Å². The van der Waals surface area contributed by atoms with Crippen molar-refractivity contribution in [3.8, 4) is 0 Å². The van der Waals surface area contributed by atoms with Crippen molar-refractivity contribution in [3.63, 3.8) is 0 Å². The summed E-state index contributed by atoms with van der Waals surface area (Å²) in [5.74, 6) is 0. The second-order valence-electron chi connectivity index (χ2n) is 9.00. The van der Waals surface area contributed by atoms with Crippen molar-refractivity contribution in [1.82, 2.24) is 9.80 Å². The molecule has 2 nitrogen and oxygen atoms in total. The molecule has 2 aliphatic heterocycles. The number of hydrogen-bond acceptors (Lipinski definition) is 2. The van der Waals surface area contributed by atoms with Crippen molar-refractivity contribution in [1.29, 1.82) is 0 Å². The molecule has 116 valence electrons. The number of likely N-dealkylation sites (tertiary alicyclic amines) is 2. The molecule has 3 rings (SSSR count). The Bertz CT molecular complexity index is 333. The van der Waals surface area contributed by atoms with Crippen LogP contribution >= 0.6 is 0 Å². The van der Waals surface area contributed by atoms with Crippen LogP contribution in [0.15, 0.2) is 0 Å². The largest absolute Gasteiger partial charge is 0.298 e. The van der Waals surface area contributed by atoms with E-state index in [9.17, 15) is 0 Å². The van der Waals surface area contributed by atoms with Crippen LogP contribution in [0.4, 0.5) is 0 Å². The van der Waals surface area contributed by atoms with Gasteiger partial charge in [-0.15, -0.1) is 0 Å². The van der Waals surface area contributed by atoms with Gasteiger partial charge in [0.25, 0.3) is 0 Å². The number of nitrogens with zero attached hydrogens (tertiary/aromatic N) is 2. The molecule has 0 aromatic heterocycles. The molecule has 20 heavy (non-hydrogen) atoms. The van der Waals surface area contributed by atoms with E-state index in [4.69, 9.17) is 0 Å². The fraction of sp³-hybridized carbons (Fsp3) is 1.00. The third-order valence-electron chi connectivity index (χ3n) is 6.78. The number of rotatable bonds is 1. The highest BCUT2D eigenvalue weighted by Gasteiger charge is 2.46. The topological polar surface area (TPSA) is 6.48 Å². The predicted molar refractivity (Wildman–Crippen MR) is 86.1 cm³/mol. The summed E-state index contributed by atoms with van der Waals surface area (Å²) in [6.07, 6.45) is 10.2. The molecule has 3 aliphatic rings. The van der Waals surface area contributed by atoms with Crippen LogP contribution in [-0.4, -0.2) is 47.1 Å². The molecule has 2 heteroatoms. The van der Waals surface area contributed by atoms with Crippen LogP contribution in [0, 0.1) is 5.41 Å². The maximum atomic E-state index is 2.75. The molecule has 0 aromatic carbocycles. The van der Waals surface area contributed by atoms with E-state index >= 15 is 0 Å². The monoisotopic (exact) mass is 278 g/mol. The summed E-state index contributed by atoms with van der Waals surface area (Å²) in [5.41, 5.74) is 1.61. The Morgan fingerprint density at radius 2 is 1.30 bits per heavy atom. The van der Waals surface area contributed by atoms with Crippen LogP contribution in [0.1, 0.15) is 72.6 Å². The standard InChI is InChI=1S/C18H34N2/c1-16(2,3)19-14-10-18(11-15-19)8-6-17(4,7-9-18)20-12-5-13-20/h5-15H2,1-4H3. The third kappa shape index (κ3) is 2.66. The van der Waals surface area contributed by atoms with Gasteiger partial charge in [0, 0.05) is 11.1 Å². The Kier molecular flexibility index (Phi) is 3.70. The SMILES string of the molecule is CC(C)(C)N1CCC2(CC1)CCC(C)(N1CCC1)CC2. The van der Waals surface area contributed by atoms with Gasteiger partial charge in [-0.2, -0.15) is 0 Å². The fourth-order valence-electron chi connectivity index (χ4n) is 4.64. The van der Waals surface area contributed by atoms with Crippen LogP contribution in [0.2, 0.25) is 0 Å². The van der Waals surface area contributed by atoms with E-state index < -0.39 is 0 Å². The zero-order chi connectivity index (χ0) is 14.4. The van der Waals surface area contributed by atoms with Crippen molar-refractivity contribution in [3.05, 3.63) is 0 Å². The van der Waals surface area contributed by atoms with E-state index in [1.807, 2.05) is 0 Å². The molecule has 3 fully saturated rings. The molecule has 0 atom stereocenters. The summed E-state index contributed by atoms with van der Waals surface area (Å²) in [4.78, 5) is 5.45. The van der Waals surface area contributed by atoms with Crippen molar-refractivity contribution in [2.45, 2.75) is 83.7 Å². The minimum absolute atomic E-state index is 0.364. The molecule has 0 bridgehead atoms. The number of hydrogen-bond donors (Lipinski definition) is 0. The molecule has 0 unspecified atom stereocenters. The van der Waals surface area contributed by atoms with E-state index in [0.717, 1.165) is 0 Å². The normalized spacial score (nSPS) is 31.2. The first-order valence-electron chi connectivity index (χ1n) is 8.83. The first-order valence-corrected chi connectivity index (χ1v) is 8.83. The minimum Gasteiger partial charge on any atom is -0.298 e. The van der Waals surface area contributed by atoms with Crippen LogP contribution in [-0.2, 0) is 0 Å². The quantitative estimate of drug-likeness (QED) is 0.717. The van der Waals surface area contributed by atoms with Crippen LogP contribution in [0.25, 0.3) is 0 Å². The Balaban J connectivity index is 1.56. The average Bonchev–Trinajstić information content (AvgIpc) is 2.31. The van der Waals surface area contributed by atoms with Gasteiger partial charge in [-0.1, -0.05) is 0 Å². The molecular formula is C18H34N2. The lowest BCUT2D eigenvalue weighted by molar-refractivity contribution is -0.0448. The molecular weight excluding hydrogens is 244 g/mol. The van der Waals surface area contributed by atoms with Gasteiger partial charge >= 0.3 is 0 Å². The Hall–Kier alpha value is -0.0800. The molecule has 1 aliphatic carbocycles. The third-order valence-corrected chi connectivity index (χ3v) is 6.78. The summed E-state index contributed by atoms with van der Waals surface area (Å²) in [7, 11) is 0. The Morgan fingerprint density at radius 3 is 1.70 bits per heavy atom. The second kappa shape index (κ2) is 4.98. The lowest BCUT2D eigenvalue weighted by Gasteiger charge is -2.55. The number of piperidine rings is 1. The first-order chi connectivity index (χ1) is 9.33. The van der Waals surface area contributed by atoms with Crippen molar-refractivity contribution in [2.24, 2.45) is 5.41 Å². The average molecular weight is 278 g/mol. The van der Waals surface area contributed by atoms with Gasteiger partial charge in [0.1, 0.15) is 0 Å². The summed E-state index contributed by atoms with van der Waals surface area (Å²) < 4.78 is 0. The summed E-state index contributed by atoms with van der Waals surface area (Å²) in [5, 5.41) is 0. The van der Waals surface area contributed by atoms with Gasteiger partial charge in [-0.3, -0.25) is 9.80 Å². The molecule has 1 saturated carbocycles. The zero-order valence-electron chi connectivity index (χ0n) is 14.2. The molecule has 2 heterocycles. The van der Waals surface area contributed by atoms with Gasteiger partial charge in [-0.25, -0.2) is 0 Å².